The van der Waals surface area contributed by atoms with Crippen molar-refractivity contribution in [2.45, 2.75) is 27.3 Å². The molecule has 0 bridgehead atoms. The SMILES string of the molecule is CC(=O)C(=CC#Cc1ccccc1N(Cc1ccccc1)C(C)=O)C(C)=O. The normalized spacial score (nSPS) is 9.59. The van der Waals surface area contributed by atoms with E-state index in [1.165, 1.54) is 26.8 Å². The van der Waals surface area contributed by atoms with E-state index in [1.54, 1.807) is 11.0 Å². The summed E-state index contributed by atoms with van der Waals surface area (Å²) in [7, 11) is 0. The van der Waals surface area contributed by atoms with Crippen LogP contribution in [0.1, 0.15) is 31.9 Å². The molecule has 2 rings (SSSR count). The molecule has 0 atom stereocenters. The van der Waals surface area contributed by atoms with Gasteiger partial charge in [0.15, 0.2) is 11.6 Å². The summed E-state index contributed by atoms with van der Waals surface area (Å²) in [6, 6.07) is 17.0. The maximum Gasteiger partial charge on any atom is 0.224 e. The molecule has 0 saturated heterocycles. The lowest BCUT2D eigenvalue weighted by atomic mass is 10.1. The number of anilines is 1. The number of amides is 1. The van der Waals surface area contributed by atoms with Gasteiger partial charge in [0.05, 0.1) is 17.8 Å². The van der Waals surface area contributed by atoms with Crippen LogP contribution in [-0.4, -0.2) is 17.5 Å². The van der Waals surface area contributed by atoms with Crippen LogP contribution in [0.25, 0.3) is 0 Å². The monoisotopic (exact) mass is 359 g/mol. The Morgan fingerprint density at radius 1 is 0.889 bits per heavy atom. The highest BCUT2D eigenvalue weighted by Gasteiger charge is 2.15. The van der Waals surface area contributed by atoms with Crippen LogP contribution in [0.4, 0.5) is 5.69 Å². The van der Waals surface area contributed by atoms with Crippen LogP contribution >= 0.6 is 0 Å². The topological polar surface area (TPSA) is 54.5 Å². The first-order valence-electron chi connectivity index (χ1n) is 8.54. The predicted molar refractivity (Wildman–Crippen MR) is 106 cm³/mol. The van der Waals surface area contributed by atoms with Crippen molar-refractivity contribution in [2.24, 2.45) is 0 Å². The molecule has 1 amide bonds. The smallest absolute Gasteiger partial charge is 0.224 e. The molecule has 0 N–H and O–H groups in total. The number of benzene rings is 2. The Balaban J connectivity index is 2.40. The van der Waals surface area contributed by atoms with Crippen LogP contribution in [0.5, 0.6) is 0 Å². The zero-order chi connectivity index (χ0) is 19.8. The van der Waals surface area contributed by atoms with Gasteiger partial charge in [0.2, 0.25) is 5.91 Å². The summed E-state index contributed by atoms with van der Waals surface area (Å²) < 4.78 is 0. The molecule has 0 aliphatic carbocycles. The van der Waals surface area contributed by atoms with Crippen LogP contribution in [0.3, 0.4) is 0 Å². The molecule has 2 aromatic rings. The minimum atomic E-state index is -0.320. The van der Waals surface area contributed by atoms with Crippen molar-refractivity contribution in [3.05, 3.63) is 77.4 Å². The van der Waals surface area contributed by atoms with Crippen LogP contribution < -0.4 is 4.90 Å². The molecule has 0 fully saturated rings. The highest BCUT2D eigenvalue weighted by atomic mass is 16.2. The number of rotatable bonds is 5. The lowest BCUT2D eigenvalue weighted by Gasteiger charge is -2.22. The molecular weight excluding hydrogens is 338 g/mol. The molecule has 4 heteroatoms. The van der Waals surface area contributed by atoms with Crippen molar-refractivity contribution in [3.63, 3.8) is 0 Å². The molecule has 0 aliphatic heterocycles. The molecule has 0 saturated carbocycles. The van der Waals surface area contributed by atoms with E-state index >= 15 is 0 Å². The number of para-hydroxylation sites is 1. The van der Waals surface area contributed by atoms with Gasteiger partial charge in [-0.1, -0.05) is 54.3 Å². The fraction of sp³-hybridized carbons (Fsp3) is 0.174. The molecule has 0 aliphatic rings. The molecule has 27 heavy (non-hydrogen) atoms. The first kappa shape index (κ1) is 19.9. The first-order chi connectivity index (χ1) is 12.9. The fourth-order valence-corrected chi connectivity index (χ4v) is 2.58. The van der Waals surface area contributed by atoms with Gasteiger partial charge in [-0.2, -0.15) is 0 Å². The van der Waals surface area contributed by atoms with Gasteiger partial charge < -0.3 is 4.90 Å². The molecule has 136 valence electrons. The summed E-state index contributed by atoms with van der Waals surface area (Å²) >= 11 is 0. The lowest BCUT2D eigenvalue weighted by Crippen LogP contribution is -2.28. The fourth-order valence-electron chi connectivity index (χ4n) is 2.58. The van der Waals surface area contributed by atoms with E-state index in [-0.39, 0.29) is 23.0 Å². The number of nitrogens with zero attached hydrogens (tertiary/aromatic N) is 1. The average molecular weight is 359 g/mol. The number of carbonyl (C=O) groups is 3. The van der Waals surface area contributed by atoms with E-state index in [1.807, 2.05) is 48.5 Å². The Kier molecular flexibility index (Phi) is 6.85. The standard InChI is InChI=1S/C23H21NO3/c1-17(25)22(18(2)26)14-9-13-21-12-7-8-15-23(21)24(19(3)27)16-20-10-5-4-6-11-20/h4-8,10-12,14-15H,16H2,1-3H3. The van der Waals surface area contributed by atoms with Crippen LogP contribution in [0.15, 0.2) is 66.2 Å². The summed E-state index contributed by atoms with van der Waals surface area (Å²) in [5.41, 5.74) is 2.40. The third-order valence-electron chi connectivity index (χ3n) is 3.94. The van der Waals surface area contributed by atoms with Crippen LogP contribution in [0, 0.1) is 11.8 Å². The van der Waals surface area contributed by atoms with Gasteiger partial charge in [-0.05, 0) is 31.5 Å². The number of hydrogen-bond donors (Lipinski definition) is 0. The van der Waals surface area contributed by atoms with Gasteiger partial charge in [0.25, 0.3) is 0 Å². The zero-order valence-corrected chi connectivity index (χ0v) is 15.7. The van der Waals surface area contributed by atoms with E-state index in [2.05, 4.69) is 11.8 Å². The Morgan fingerprint density at radius 2 is 1.48 bits per heavy atom. The highest BCUT2D eigenvalue weighted by Crippen LogP contribution is 2.22. The van der Waals surface area contributed by atoms with E-state index in [0.29, 0.717) is 17.8 Å². The van der Waals surface area contributed by atoms with Gasteiger partial charge in [-0.25, -0.2) is 0 Å². The highest BCUT2D eigenvalue weighted by molar-refractivity contribution is 6.18. The van der Waals surface area contributed by atoms with Crippen molar-refractivity contribution in [3.8, 4) is 11.8 Å². The van der Waals surface area contributed by atoms with E-state index in [0.717, 1.165) is 5.56 Å². The molecule has 0 radical (unpaired) electrons. The molecular formula is C23H21NO3. The number of hydrogen-bond acceptors (Lipinski definition) is 3. The lowest BCUT2D eigenvalue weighted by molar-refractivity contribution is -0.119. The van der Waals surface area contributed by atoms with Crippen molar-refractivity contribution in [2.75, 3.05) is 4.90 Å². The number of carbonyl (C=O) groups excluding carboxylic acids is 3. The maximum atomic E-state index is 12.2. The second-order valence-electron chi connectivity index (χ2n) is 6.05. The molecule has 0 heterocycles. The van der Waals surface area contributed by atoms with Crippen molar-refractivity contribution in [1.82, 2.24) is 0 Å². The Labute approximate surface area is 159 Å². The summed E-state index contributed by atoms with van der Waals surface area (Å²) in [5.74, 6) is 4.98. The van der Waals surface area contributed by atoms with Crippen LogP contribution in [0.2, 0.25) is 0 Å². The minimum absolute atomic E-state index is 0.0627. The van der Waals surface area contributed by atoms with Gasteiger partial charge >= 0.3 is 0 Å². The van der Waals surface area contributed by atoms with Crippen molar-refractivity contribution >= 4 is 23.2 Å². The molecule has 4 nitrogen and oxygen atoms in total. The average Bonchev–Trinajstić information content (AvgIpc) is 2.63. The molecule has 0 unspecified atom stereocenters. The minimum Gasteiger partial charge on any atom is -0.307 e. The number of allylic oxidation sites excluding steroid dienone is 2. The van der Waals surface area contributed by atoms with Gasteiger partial charge in [-0.15, -0.1) is 0 Å². The van der Waals surface area contributed by atoms with E-state index in [4.69, 9.17) is 0 Å². The van der Waals surface area contributed by atoms with Gasteiger partial charge in [0, 0.05) is 18.6 Å². The summed E-state index contributed by atoms with van der Waals surface area (Å²) in [4.78, 5) is 36.9. The number of Topliss-reactive ketones (excluding diaryl/α,β-unsaturated/α-hetero) is 2. The summed E-state index contributed by atoms with van der Waals surface area (Å²) in [5, 5.41) is 0. The van der Waals surface area contributed by atoms with Crippen molar-refractivity contribution < 1.29 is 14.4 Å². The molecule has 2 aromatic carbocycles. The quantitative estimate of drug-likeness (QED) is 0.354. The second-order valence-corrected chi connectivity index (χ2v) is 6.05. The number of ketones is 2. The van der Waals surface area contributed by atoms with Crippen molar-refractivity contribution in [1.29, 1.82) is 0 Å². The van der Waals surface area contributed by atoms with Crippen LogP contribution in [-0.2, 0) is 20.9 Å². The Hall–Kier alpha value is -3.45. The molecule has 0 spiro atoms. The Morgan fingerprint density at radius 3 is 2.07 bits per heavy atom. The van der Waals surface area contributed by atoms with Gasteiger partial charge in [0.1, 0.15) is 0 Å². The summed E-state index contributed by atoms with van der Waals surface area (Å²) in [6.45, 7) is 4.61. The third kappa shape index (κ3) is 5.52. The largest absolute Gasteiger partial charge is 0.307 e. The third-order valence-corrected chi connectivity index (χ3v) is 3.94. The molecule has 0 aromatic heterocycles. The predicted octanol–water partition coefficient (Wildman–Crippen LogP) is 3.70. The zero-order valence-electron chi connectivity index (χ0n) is 15.7. The first-order valence-corrected chi connectivity index (χ1v) is 8.54. The summed E-state index contributed by atoms with van der Waals surface area (Å²) in [6.07, 6.45) is 1.33. The van der Waals surface area contributed by atoms with E-state index < -0.39 is 0 Å². The second kappa shape index (κ2) is 9.30. The maximum absolute atomic E-state index is 12.2. The Bertz CT molecular complexity index is 930. The van der Waals surface area contributed by atoms with E-state index in [9.17, 15) is 14.4 Å². The van der Waals surface area contributed by atoms with Gasteiger partial charge in [-0.3, -0.25) is 14.4 Å².